The van der Waals surface area contributed by atoms with Crippen molar-refractivity contribution >= 4 is 15.9 Å². The minimum Gasteiger partial charge on any atom is -0.392 e. The van der Waals surface area contributed by atoms with Crippen LogP contribution in [-0.2, 0) is 16.4 Å². The van der Waals surface area contributed by atoms with Crippen molar-refractivity contribution in [3.05, 3.63) is 29.8 Å². The number of aliphatic hydroxyl groups excluding tert-OH is 1. The van der Waals surface area contributed by atoms with Crippen LogP contribution in [0.15, 0.2) is 29.2 Å². The number of amides is 2. The molecule has 1 atom stereocenters. The Bertz CT molecular complexity index is 523. The van der Waals surface area contributed by atoms with Crippen LogP contribution in [-0.4, -0.2) is 38.5 Å². The molecule has 19 heavy (non-hydrogen) atoms. The van der Waals surface area contributed by atoms with E-state index in [1.807, 2.05) is 0 Å². The van der Waals surface area contributed by atoms with Crippen LogP contribution in [0.2, 0.25) is 0 Å². The smallest absolute Gasteiger partial charge is 0.315 e. The maximum atomic E-state index is 11.3. The summed E-state index contributed by atoms with van der Waals surface area (Å²) in [5.41, 5.74) is 0.791. The van der Waals surface area contributed by atoms with Crippen molar-refractivity contribution < 1.29 is 18.3 Å². The Balaban J connectivity index is 2.48. The predicted octanol–water partition coefficient (Wildman–Crippen LogP) is 0.270. The van der Waals surface area contributed by atoms with Crippen molar-refractivity contribution in [2.45, 2.75) is 24.5 Å². The van der Waals surface area contributed by atoms with Crippen molar-refractivity contribution in [3.63, 3.8) is 0 Å². The molecule has 0 bridgehead atoms. The number of aliphatic hydroxyl groups is 1. The lowest BCUT2D eigenvalue weighted by atomic mass is 10.2. The van der Waals surface area contributed by atoms with Crippen LogP contribution in [0, 0.1) is 0 Å². The summed E-state index contributed by atoms with van der Waals surface area (Å²) in [7, 11) is -3.20. The van der Waals surface area contributed by atoms with Gasteiger partial charge in [0.15, 0.2) is 9.84 Å². The molecule has 0 heterocycles. The number of hydrogen-bond donors (Lipinski definition) is 3. The molecule has 1 aromatic rings. The lowest BCUT2D eigenvalue weighted by Gasteiger charge is -2.09. The van der Waals surface area contributed by atoms with E-state index in [1.54, 1.807) is 19.1 Å². The van der Waals surface area contributed by atoms with Gasteiger partial charge < -0.3 is 15.7 Å². The van der Waals surface area contributed by atoms with E-state index in [2.05, 4.69) is 10.6 Å². The Morgan fingerprint density at radius 3 is 2.32 bits per heavy atom. The number of sulfone groups is 1. The first kappa shape index (κ1) is 15.5. The largest absolute Gasteiger partial charge is 0.392 e. The van der Waals surface area contributed by atoms with Crippen LogP contribution in [0.4, 0.5) is 4.79 Å². The highest BCUT2D eigenvalue weighted by Gasteiger charge is 2.06. The van der Waals surface area contributed by atoms with Gasteiger partial charge in [0.2, 0.25) is 0 Å². The molecule has 0 aromatic heterocycles. The summed E-state index contributed by atoms with van der Waals surface area (Å²) in [5.74, 6) is 0. The molecule has 0 unspecified atom stereocenters. The van der Waals surface area contributed by atoms with E-state index < -0.39 is 15.9 Å². The fraction of sp³-hybridized carbons (Fsp3) is 0.417. The van der Waals surface area contributed by atoms with Gasteiger partial charge in [0, 0.05) is 19.3 Å². The topological polar surface area (TPSA) is 95.5 Å². The molecule has 7 heteroatoms. The lowest BCUT2D eigenvalue weighted by Crippen LogP contribution is -2.38. The molecular weight excluding hydrogens is 268 g/mol. The molecule has 0 saturated carbocycles. The van der Waals surface area contributed by atoms with Gasteiger partial charge >= 0.3 is 6.03 Å². The van der Waals surface area contributed by atoms with Gasteiger partial charge in [-0.3, -0.25) is 0 Å². The van der Waals surface area contributed by atoms with Gasteiger partial charge in [-0.2, -0.15) is 0 Å². The number of carbonyl (C=O) groups excluding carboxylic acids is 1. The standard InChI is InChI=1S/C12H18N2O4S/c1-9(15)7-13-12(16)14-8-10-3-5-11(6-4-10)19(2,17)18/h3-6,9,15H,7-8H2,1-2H3,(H2,13,14,16)/t9-/m1/s1. The van der Waals surface area contributed by atoms with E-state index in [0.717, 1.165) is 11.8 Å². The summed E-state index contributed by atoms with van der Waals surface area (Å²) in [6, 6.07) is 5.91. The molecule has 0 radical (unpaired) electrons. The van der Waals surface area contributed by atoms with Crippen LogP contribution in [0.25, 0.3) is 0 Å². The number of hydrogen-bond acceptors (Lipinski definition) is 4. The third kappa shape index (κ3) is 5.71. The molecule has 0 saturated heterocycles. The average molecular weight is 286 g/mol. The average Bonchev–Trinajstić information content (AvgIpc) is 2.33. The van der Waals surface area contributed by atoms with E-state index >= 15 is 0 Å². The highest BCUT2D eigenvalue weighted by atomic mass is 32.2. The number of rotatable bonds is 5. The van der Waals surface area contributed by atoms with E-state index in [-0.39, 0.29) is 24.0 Å². The molecular formula is C12H18N2O4S. The molecule has 0 aliphatic carbocycles. The SMILES string of the molecule is C[C@@H](O)CNC(=O)NCc1ccc(S(C)(=O)=O)cc1. The minimum absolute atomic E-state index is 0.179. The second kappa shape index (κ2) is 6.53. The van der Waals surface area contributed by atoms with Gasteiger partial charge in [0.05, 0.1) is 11.0 Å². The van der Waals surface area contributed by atoms with Crippen molar-refractivity contribution in [2.75, 3.05) is 12.8 Å². The van der Waals surface area contributed by atoms with Crippen LogP contribution in [0.5, 0.6) is 0 Å². The van der Waals surface area contributed by atoms with E-state index in [9.17, 15) is 13.2 Å². The zero-order valence-electron chi connectivity index (χ0n) is 10.9. The number of nitrogens with one attached hydrogen (secondary N) is 2. The molecule has 0 fully saturated rings. The summed E-state index contributed by atoms with van der Waals surface area (Å²) >= 11 is 0. The molecule has 106 valence electrons. The minimum atomic E-state index is -3.20. The maximum absolute atomic E-state index is 11.3. The van der Waals surface area contributed by atoms with Gasteiger partial charge in [0.25, 0.3) is 0 Å². The molecule has 6 nitrogen and oxygen atoms in total. The Labute approximate surface area is 112 Å². The first-order valence-electron chi connectivity index (χ1n) is 5.78. The highest BCUT2D eigenvalue weighted by molar-refractivity contribution is 7.90. The Morgan fingerprint density at radius 2 is 1.84 bits per heavy atom. The van der Waals surface area contributed by atoms with Gasteiger partial charge in [-0.05, 0) is 24.6 Å². The quantitative estimate of drug-likeness (QED) is 0.724. The Morgan fingerprint density at radius 1 is 1.26 bits per heavy atom. The van der Waals surface area contributed by atoms with E-state index in [1.165, 1.54) is 12.1 Å². The summed E-state index contributed by atoms with van der Waals surface area (Å²) in [5, 5.41) is 14.1. The van der Waals surface area contributed by atoms with Gasteiger partial charge in [0.1, 0.15) is 0 Å². The predicted molar refractivity (Wildman–Crippen MR) is 71.5 cm³/mol. The highest BCUT2D eigenvalue weighted by Crippen LogP contribution is 2.09. The molecule has 0 spiro atoms. The second-order valence-corrected chi connectivity index (χ2v) is 6.34. The number of urea groups is 1. The summed E-state index contributed by atoms with van der Waals surface area (Å²) in [6.07, 6.45) is 0.545. The van der Waals surface area contributed by atoms with Crippen LogP contribution in [0.3, 0.4) is 0 Å². The zero-order valence-corrected chi connectivity index (χ0v) is 11.7. The maximum Gasteiger partial charge on any atom is 0.315 e. The molecule has 1 aromatic carbocycles. The fourth-order valence-electron chi connectivity index (χ4n) is 1.34. The van der Waals surface area contributed by atoms with Gasteiger partial charge in [-0.15, -0.1) is 0 Å². The zero-order chi connectivity index (χ0) is 14.5. The third-order valence-corrected chi connectivity index (χ3v) is 3.49. The molecule has 2 amide bonds. The van der Waals surface area contributed by atoms with Crippen LogP contribution in [0.1, 0.15) is 12.5 Å². The Hall–Kier alpha value is -1.60. The molecule has 0 aliphatic heterocycles. The van der Waals surface area contributed by atoms with Crippen LogP contribution < -0.4 is 10.6 Å². The molecule has 0 aliphatic rings. The van der Waals surface area contributed by atoms with Crippen molar-refractivity contribution in [3.8, 4) is 0 Å². The van der Waals surface area contributed by atoms with Crippen molar-refractivity contribution in [1.29, 1.82) is 0 Å². The molecule has 1 rings (SSSR count). The third-order valence-electron chi connectivity index (χ3n) is 2.36. The number of benzene rings is 1. The first-order valence-corrected chi connectivity index (χ1v) is 7.67. The van der Waals surface area contributed by atoms with Crippen molar-refractivity contribution in [1.82, 2.24) is 10.6 Å². The number of carbonyl (C=O) groups is 1. The first-order chi connectivity index (χ1) is 8.79. The summed E-state index contributed by atoms with van der Waals surface area (Å²) < 4.78 is 22.5. The lowest BCUT2D eigenvalue weighted by molar-refractivity contribution is 0.187. The molecule has 3 N–H and O–H groups in total. The van der Waals surface area contributed by atoms with Gasteiger partial charge in [-0.25, -0.2) is 13.2 Å². The normalized spacial score (nSPS) is 12.8. The second-order valence-electron chi connectivity index (χ2n) is 4.33. The monoisotopic (exact) mass is 286 g/mol. The van der Waals surface area contributed by atoms with E-state index in [0.29, 0.717) is 0 Å². The summed E-state index contributed by atoms with van der Waals surface area (Å²) in [6.45, 7) is 2.04. The van der Waals surface area contributed by atoms with E-state index in [4.69, 9.17) is 5.11 Å². The fourth-order valence-corrected chi connectivity index (χ4v) is 1.97. The summed E-state index contributed by atoms with van der Waals surface area (Å²) in [4.78, 5) is 11.6. The van der Waals surface area contributed by atoms with Gasteiger partial charge in [-0.1, -0.05) is 12.1 Å². The van der Waals surface area contributed by atoms with Crippen molar-refractivity contribution in [2.24, 2.45) is 0 Å². The Kier molecular flexibility index (Phi) is 5.31. The van der Waals surface area contributed by atoms with Crippen LogP contribution >= 0.6 is 0 Å².